The molecule has 0 atom stereocenters. The quantitative estimate of drug-likeness (QED) is 0.787. The first-order valence-corrected chi connectivity index (χ1v) is 4.02. The lowest BCUT2D eigenvalue weighted by Gasteiger charge is -2.09. The fraction of sp³-hybridized carbons (Fsp3) is 0.286. The molecule has 1 aromatic heterocycles. The number of halogens is 4. The maximum atomic E-state index is 11.8. The van der Waals surface area contributed by atoms with E-state index < -0.39 is 12.1 Å². The van der Waals surface area contributed by atoms with Crippen LogP contribution in [0.25, 0.3) is 0 Å². The Labute approximate surface area is 82.6 Å². The second kappa shape index (κ2) is 3.91. The molecule has 0 aliphatic heterocycles. The van der Waals surface area contributed by atoms with Gasteiger partial charge >= 0.3 is 6.36 Å². The van der Waals surface area contributed by atoms with Gasteiger partial charge in [0, 0.05) is 5.56 Å². The molecule has 2 N–H and O–H groups in total. The minimum atomic E-state index is -4.73. The second-order valence-electron chi connectivity index (χ2n) is 2.40. The van der Waals surface area contributed by atoms with Crippen LogP contribution in [0.1, 0.15) is 5.56 Å². The largest absolute Gasteiger partial charge is 0.573 e. The summed E-state index contributed by atoms with van der Waals surface area (Å²) in [6.45, 7) is 0. The van der Waals surface area contributed by atoms with Gasteiger partial charge in [-0.25, -0.2) is 4.98 Å². The summed E-state index contributed by atoms with van der Waals surface area (Å²) in [5.41, 5.74) is 5.63. The van der Waals surface area contributed by atoms with Crippen LogP contribution in [0.4, 0.5) is 19.0 Å². The third-order valence-electron chi connectivity index (χ3n) is 1.35. The first-order chi connectivity index (χ1) is 6.42. The number of alkyl halides is 4. The van der Waals surface area contributed by atoms with Crippen molar-refractivity contribution in [1.29, 1.82) is 0 Å². The third kappa shape index (κ3) is 2.95. The molecule has 0 amide bonds. The monoisotopic (exact) mass is 226 g/mol. The summed E-state index contributed by atoms with van der Waals surface area (Å²) in [7, 11) is 0. The zero-order valence-corrected chi connectivity index (χ0v) is 7.56. The topological polar surface area (TPSA) is 48.1 Å². The summed E-state index contributed by atoms with van der Waals surface area (Å²) < 4.78 is 38.9. The van der Waals surface area contributed by atoms with E-state index in [1.54, 1.807) is 0 Å². The van der Waals surface area contributed by atoms with E-state index in [4.69, 9.17) is 17.3 Å². The van der Waals surface area contributed by atoms with Gasteiger partial charge in [-0.2, -0.15) is 0 Å². The molecule has 1 aromatic rings. The Morgan fingerprint density at radius 2 is 2.14 bits per heavy atom. The molecular formula is C7H6ClF3N2O. The van der Waals surface area contributed by atoms with Gasteiger partial charge in [-0.15, -0.1) is 24.8 Å². The molecule has 0 aromatic carbocycles. The van der Waals surface area contributed by atoms with Crippen molar-refractivity contribution in [2.45, 2.75) is 12.2 Å². The molecule has 1 rings (SSSR count). The van der Waals surface area contributed by atoms with Crippen LogP contribution in [0.15, 0.2) is 12.3 Å². The molecule has 78 valence electrons. The normalized spacial score (nSPS) is 11.4. The molecule has 0 aliphatic carbocycles. The minimum Gasteiger partial charge on any atom is -0.404 e. The summed E-state index contributed by atoms with van der Waals surface area (Å²) in [5, 5.41) is 0. The Kier molecular flexibility index (Phi) is 3.05. The summed E-state index contributed by atoms with van der Waals surface area (Å²) >= 11 is 5.42. The number of hydrogen-bond donors (Lipinski definition) is 1. The second-order valence-corrected chi connectivity index (χ2v) is 2.66. The molecule has 0 saturated carbocycles. The standard InChI is InChI=1S/C7H6ClF3N2O/c8-2-4-1-5(3-13-6(4)12)14-7(9,10)11/h1,3H,2H2,(H2,12,13). The van der Waals surface area contributed by atoms with Crippen molar-refractivity contribution in [3.63, 3.8) is 0 Å². The van der Waals surface area contributed by atoms with Crippen molar-refractivity contribution in [3.8, 4) is 5.75 Å². The predicted molar refractivity (Wildman–Crippen MR) is 44.9 cm³/mol. The Balaban J connectivity index is 2.90. The van der Waals surface area contributed by atoms with Crippen molar-refractivity contribution < 1.29 is 17.9 Å². The average molecular weight is 227 g/mol. The van der Waals surface area contributed by atoms with Crippen molar-refractivity contribution in [3.05, 3.63) is 17.8 Å². The number of nitrogen functional groups attached to an aromatic ring is 1. The fourth-order valence-electron chi connectivity index (χ4n) is 0.795. The van der Waals surface area contributed by atoms with Crippen LogP contribution in [0.2, 0.25) is 0 Å². The van der Waals surface area contributed by atoms with Crippen LogP contribution < -0.4 is 10.5 Å². The summed E-state index contributed by atoms with van der Waals surface area (Å²) in [6.07, 6.45) is -3.85. The van der Waals surface area contributed by atoms with E-state index >= 15 is 0 Å². The van der Waals surface area contributed by atoms with Crippen LogP contribution in [0, 0.1) is 0 Å². The molecule has 0 bridgehead atoms. The molecule has 0 spiro atoms. The van der Waals surface area contributed by atoms with Crippen LogP contribution in [-0.4, -0.2) is 11.3 Å². The molecule has 1 heterocycles. The predicted octanol–water partition coefficient (Wildman–Crippen LogP) is 2.30. The van der Waals surface area contributed by atoms with Gasteiger partial charge < -0.3 is 10.5 Å². The van der Waals surface area contributed by atoms with Gasteiger partial charge in [0.05, 0.1) is 12.1 Å². The number of rotatable bonds is 2. The maximum absolute atomic E-state index is 11.8. The van der Waals surface area contributed by atoms with E-state index in [0.717, 1.165) is 12.3 Å². The number of nitrogens with two attached hydrogens (primary N) is 1. The zero-order chi connectivity index (χ0) is 10.8. The molecule has 0 radical (unpaired) electrons. The summed E-state index contributed by atoms with van der Waals surface area (Å²) in [6, 6.07) is 1.10. The van der Waals surface area contributed by atoms with E-state index in [-0.39, 0.29) is 11.7 Å². The highest BCUT2D eigenvalue weighted by Gasteiger charge is 2.31. The lowest BCUT2D eigenvalue weighted by molar-refractivity contribution is -0.274. The van der Waals surface area contributed by atoms with Gasteiger partial charge in [0.1, 0.15) is 11.6 Å². The smallest absolute Gasteiger partial charge is 0.404 e. The van der Waals surface area contributed by atoms with Gasteiger partial charge in [0.2, 0.25) is 0 Å². The average Bonchev–Trinajstić information content (AvgIpc) is 2.06. The Morgan fingerprint density at radius 3 is 2.64 bits per heavy atom. The highest BCUT2D eigenvalue weighted by molar-refractivity contribution is 6.17. The van der Waals surface area contributed by atoms with Crippen LogP contribution in [-0.2, 0) is 5.88 Å². The number of anilines is 1. The Hall–Kier alpha value is -1.17. The van der Waals surface area contributed by atoms with Gasteiger partial charge in [-0.05, 0) is 6.07 Å². The molecule has 3 nitrogen and oxygen atoms in total. The molecule has 0 aliphatic rings. The van der Waals surface area contributed by atoms with E-state index in [1.165, 1.54) is 0 Å². The van der Waals surface area contributed by atoms with Crippen molar-refractivity contribution >= 4 is 17.4 Å². The highest BCUT2D eigenvalue weighted by atomic mass is 35.5. The maximum Gasteiger partial charge on any atom is 0.573 e. The van der Waals surface area contributed by atoms with Gasteiger partial charge in [0.15, 0.2) is 0 Å². The summed E-state index contributed by atoms with van der Waals surface area (Å²) in [4.78, 5) is 3.50. The number of ether oxygens (including phenoxy) is 1. The molecular weight excluding hydrogens is 221 g/mol. The fourth-order valence-corrected chi connectivity index (χ4v) is 1.01. The molecule has 0 fully saturated rings. The van der Waals surface area contributed by atoms with Crippen molar-refractivity contribution in [2.24, 2.45) is 0 Å². The number of nitrogens with zero attached hydrogens (tertiary/aromatic N) is 1. The molecule has 14 heavy (non-hydrogen) atoms. The van der Waals surface area contributed by atoms with Crippen molar-refractivity contribution in [2.75, 3.05) is 5.73 Å². The third-order valence-corrected chi connectivity index (χ3v) is 1.64. The van der Waals surface area contributed by atoms with Gasteiger partial charge in [-0.1, -0.05) is 0 Å². The van der Waals surface area contributed by atoms with E-state index in [2.05, 4.69) is 9.72 Å². The van der Waals surface area contributed by atoms with Gasteiger partial charge in [-0.3, -0.25) is 0 Å². The Morgan fingerprint density at radius 1 is 1.50 bits per heavy atom. The highest BCUT2D eigenvalue weighted by Crippen LogP contribution is 2.24. The number of hydrogen-bond acceptors (Lipinski definition) is 3. The number of pyridine rings is 1. The number of aromatic nitrogens is 1. The first-order valence-electron chi connectivity index (χ1n) is 3.48. The van der Waals surface area contributed by atoms with Crippen LogP contribution in [0.5, 0.6) is 5.75 Å². The zero-order valence-electron chi connectivity index (χ0n) is 6.81. The minimum absolute atomic E-state index is 0.0199. The van der Waals surface area contributed by atoms with E-state index in [0.29, 0.717) is 5.56 Å². The van der Waals surface area contributed by atoms with Crippen molar-refractivity contribution in [1.82, 2.24) is 4.98 Å². The summed E-state index contributed by atoms with van der Waals surface area (Å²) in [5.74, 6) is -0.356. The van der Waals surface area contributed by atoms with E-state index in [9.17, 15) is 13.2 Å². The molecule has 0 unspecified atom stereocenters. The van der Waals surface area contributed by atoms with Crippen LogP contribution >= 0.6 is 11.6 Å². The van der Waals surface area contributed by atoms with E-state index in [1.807, 2.05) is 0 Å². The first kappa shape index (κ1) is 10.9. The SMILES string of the molecule is Nc1ncc(OC(F)(F)F)cc1CCl. The Bertz CT molecular complexity index is 329. The lowest BCUT2D eigenvalue weighted by Crippen LogP contribution is -2.17. The van der Waals surface area contributed by atoms with Crippen LogP contribution in [0.3, 0.4) is 0 Å². The molecule has 0 saturated heterocycles. The van der Waals surface area contributed by atoms with Gasteiger partial charge in [0.25, 0.3) is 0 Å². The lowest BCUT2D eigenvalue weighted by atomic mass is 10.3. The molecule has 7 heteroatoms.